The van der Waals surface area contributed by atoms with Crippen LogP contribution < -0.4 is 10.3 Å². The number of para-hydroxylation sites is 1. The quantitative estimate of drug-likeness (QED) is 0.305. The van der Waals surface area contributed by atoms with Gasteiger partial charge in [-0.25, -0.2) is 4.98 Å². The zero-order valence-electron chi connectivity index (χ0n) is 21.1. The summed E-state index contributed by atoms with van der Waals surface area (Å²) in [5, 5.41) is 0.523. The average Bonchev–Trinajstić information content (AvgIpc) is 2.90. The molecule has 184 valence electrons. The molecule has 1 heterocycles. The molecule has 0 saturated heterocycles. The van der Waals surface area contributed by atoms with Gasteiger partial charge in [0.15, 0.2) is 0 Å². The highest BCUT2D eigenvalue weighted by molar-refractivity contribution is 5.92. The highest BCUT2D eigenvalue weighted by Gasteiger charge is 2.26. The Labute approximate surface area is 211 Å². The number of carbonyl (C=O) groups is 1. The Kier molecular flexibility index (Phi) is 7.64. The van der Waals surface area contributed by atoms with E-state index < -0.39 is 6.04 Å². The molecule has 36 heavy (non-hydrogen) atoms. The van der Waals surface area contributed by atoms with Crippen LogP contribution in [0.15, 0.2) is 89.7 Å². The van der Waals surface area contributed by atoms with E-state index in [0.717, 1.165) is 5.56 Å². The van der Waals surface area contributed by atoms with Gasteiger partial charge in [0.05, 0.1) is 29.7 Å². The second-order valence-corrected chi connectivity index (χ2v) is 9.13. The first kappa shape index (κ1) is 24.9. The van der Waals surface area contributed by atoms with E-state index in [1.807, 2.05) is 85.8 Å². The van der Waals surface area contributed by atoms with E-state index in [0.29, 0.717) is 34.7 Å². The molecule has 1 aromatic heterocycles. The summed E-state index contributed by atoms with van der Waals surface area (Å²) in [5.41, 5.74) is 2.04. The summed E-state index contributed by atoms with van der Waals surface area (Å²) in [6, 6.07) is 23.8. The van der Waals surface area contributed by atoms with E-state index in [-0.39, 0.29) is 17.4 Å². The number of ether oxygens (including phenoxy) is 1. The second-order valence-electron chi connectivity index (χ2n) is 9.13. The van der Waals surface area contributed by atoms with Crippen molar-refractivity contribution in [2.75, 3.05) is 13.7 Å². The van der Waals surface area contributed by atoms with Gasteiger partial charge in [0.1, 0.15) is 11.6 Å². The standard InChI is InChI=1S/C30H31N3O3/c1-21(2)20-32(28(34)19-14-23-10-6-5-7-11-23)22(3)29-31-27-13-9-8-12-26(27)30(35)33(29)24-15-17-25(36-4)18-16-24/h5-19,21-22H,20H2,1-4H3/b19-14+. The number of aromatic nitrogens is 2. The minimum Gasteiger partial charge on any atom is -0.497 e. The SMILES string of the molecule is COc1ccc(-n2c(C(C)N(CC(C)C)C(=O)/C=C/c3ccccc3)nc3ccccc3c2=O)cc1. The van der Waals surface area contributed by atoms with Crippen LogP contribution in [-0.2, 0) is 4.79 Å². The Hall–Kier alpha value is -4.19. The molecule has 0 aliphatic carbocycles. The lowest BCUT2D eigenvalue weighted by Crippen LogP contribution is -2.38. The fraction of sp³-hybridized carbons (Fsp3) is 0.233. The maximum Gasteiger partial charge on any atom is 0.266 e. The van der Waals surface area contributed by atoms with E-state index in [1.54, 1.807) is 28.7 Å². The molecule has 1 unspecified atom stereocenters. The third kappa shape index (κ3) is 5.38. The number of hydrogen-bond donors (Lipinski definition) is 0. The van der Waals surface area contributed by atoms with Crippen molar-refractivity contribution in [3.05, 3.63) is 107 Å². The van der Waals surface area contributed by atoms with Crippen LogP contribution in [0.2, 0.25) is 0 Å². The van der Waals surface area contributed by atoms with E-state index in [2.05, 4.69) is 13.8 Å². The number of methoxy groups -OCH3 is 1. The van der Waals surface area contributed by atoms with Crippen molar-refractivity contribution in [2.24, 2.45) is 5.92 Å². The van der Waals surface area contributed by atoms with Crippen LogP contribution in [-0.4, -0.2) is 34.0 Å². The molecule has 6 heteroatoms. The number of rotatable bonds is 8. The zero-order valence-corrected chi connectivity index (χ0v) is 21.1. The van der Waals surface area contributed by atoms with Gasteiger partial charge in [0, 0.05) is 12.6 Å². The lowest BCUT2D eigenvalue weighted by atomic mass is 10.1. The molecule has 0 N–H and O–H groups in total. The molecule has 1 amide bonds. The summed E-state index contributed by atoms with van der Waals surface area (Å²) in [4.78, 5) is 33.8. The van der Waals surface area contributed by atoms with Crippen molar-refractivity contribution >= 4 is 22.9 Å². The van der Waals surface area contributed by atoms with Crippen molar-refractivity contribution in [1.82, 2.24) is 14.5 Å². The van der Waals surface area contributed by atoms with Crippen LogP contribution in [0.4, 0.5) is 0 Å². The van der Waals surface area contributed by atoms with E-state index >= 15 is 0 Å². The molecule has 3 aromatic carbocycles. The van der Waals surface area contributed by atoms with Crippen molar-refractivity contribution in [1.29, 1.82) is 0 Å². The van der Waals surface area contributed by atoms with Gasteiger partial charge < -0.3 is 9.64 Å². The molecule has 1 atom stereocenters. The minimum atomic E-state index is -0.459. The summed E-state index contributed by atoms with van der Waals surface area (Å²) in [6.45, 7) is 6.58. The maximum atomic E-state index is 13.7. The van der Waals surface area contributed by atoms with E-state index in [9.17, 15) is 9.59 Å². The van der Waals surface area contributed by atoms with E-state index in [4.69, 9.17) is 9.72 Å². The average molecular weight is 482 g/mol. The topological polar surface area (TPSA) is 64.4 Å². The molecule has 0 fully saturated rings. The van der Waals surface area contributed by atoms with Crippen LogP contribution in [0.25, 0.3) is 22.7 Å². The third-order valence-electron chi connectivity index (χ3n) is 6.04. The summed E-state index contributed by atoms with van der Waals surface area (Å²) in [7, 11) is 1.60. The zero-order chi connectivity index (χ0) is 25.7. The predicted molar refractivity (Wildman–Crippen MR) is 144 cm³/mol. The molecule has 0 aliphatic heterocycles. The van der Waals surface area contributed by atoms with Crippen LogP contribution in [0.5, 0.6) is 5.75 Å². The fourth-order valence-electron chi connectivity index (χ4n) is 4.21. The monoisotopic (exact) mass is 481 g/mol. The first-order chi connectivity index (χ1) is 17.4. The second kappa shape index (κ2) is 11.0. The molecular formula is C30H31N3O3. The van der Waals surface area contributed by atoms with Gasteiger partial charge in [-0.1, -0.05) is 56.3 Å². The van der Waals surface area contributed by atoms with Gasteiger partial charge in [-0.15, -0.1) is 0 Å². The molecule has 0 radical (unpaired) electrons. The third-order valence-corrected chi connectivity index (χ3v) is 6.04. The van der Waals surface area contributed by atoms with Gasteiger partial charge in [0.2, 0.25) is 5.91 Å². The smallest absolute Gasteiger partial charge is 0.266 e. The summed E-state index contributed by atoms with van der Waals surface area (Å²) >= 11 is 0. The molecule has 4 rings (SSSR count). The first-order valence-corrected chi connectivity index (χ1v) is 12.1. The van der Waals surface area contributed by atoms with Crippen LogP contribution >= 0.6 is 0 Å². The highest BCUT2D eigenvalue weighted by Crippen LogP contribution is 2.25. The Balaban J connectivity index is 1.83. The van der Waals surface area contributed by atoms with Gasteiger partial charge in [0.25, 0.3) is 5.56 Å². The molecule has 0 saturated carbocycles. The lowest BCUT2D eigenvalue weighted by Gasteiger charge is -2.31. The highest BCUT2D eigenvalue weighted by atomic mass is 16.5. The van der Waals surface area contributed by atoms with Gasteiger partial charge in [-0.2, -0.15) is 0 Å². The van der Waals surface area contributed by atoms with Gasteiger partial charge in [-0.05, 0) is 60.9 Å². The predicted octanol–water partition coefficient (Wildman–Crippen LogP) is 5.65. The van der Waals surface area contributed by atoms with Crippen molar-refractivity contribution in [3.63, 3.8) is 0 Å². The molecule has 4 aromatic rings. The Morgan fingerprint density at radius 3 is 2.31 bits per heavy atom. The van der Waals surface area contributed by atoms with Gasteiger partial charge >= 0.3 is 0 Å². The minimum absolute atomic E-state index is 0.135. The normalized spacial score (nSPS) is 12.2. The number of hydrogen-bond acceptors (Lipinski definition) is 4. The first-order valence-electron chi connectivity index (χ1n) is 12.1. The maximum absolute atomic E-state index is 13.7. The molecule has 0 spiro atoms. The van der Waals surface area contributed by atoms with Crippen molar-refractivity contribution < 1.29 is 9.53 Å². The molecule has 6 nitrogen and oxygen atoms in total. The molecular weight excluding hydrogens is 450 g/mol. The Morgan fingerprint density at radius 2 is 1.64 bits per heavy atom. The number of carbonyl (C=O) groups excluding carboxylic acids is 1. The van der Waals surface area contributed by atoms with Crippen molar-refractivity contribution in [3.8, 4) is 11.4 Å². The number of amides is 1. The molecule has 0 bridgehead atoms. The molecule has 0 aliphatic rings. The fourth-order valence-corrected chi connectivity index (χ4v) is 4.21. The van der Waals surface area contributed by atoms with Gasteiger partial charge in [-0.3, -0.25) is 14.2 Å². The number of fused-ring (bicyclic) bond motifs is 1. The number of nitrogens with zero attached hydrogens (tertiary/aromatic N) is 3. The van der Waals surface area contributed by atoms with E-state index in [1.165, 1.54) is 0 Å². The van der Waals surface area contributed by atoms with Crippen molar-refractivity contribution in [2.45, 2.75) is 26.8 Å². The van der Waals surface area contributed by atoms with Crippen LogP contribution in [0.1, 0.15) is 38.2 Å². The summed E-state index contributed by atoms with van der Waals surface area (Å²) in [6.07, 6.45) is 3.40. The Morgan fingerprint density at radius 1 is 0.972 bits per heavy atom. The lowest BCUT2D eigenvalue weighted by molar-refractivity contribution is -0.128. The summed E-state index contributed by atoms with van der Waals surface area (Å²) < 4.78 is 6.90. The number of benzene rings is 3. The van der Waals surface area contributed by atoms with Crippen LogP contribution in [0.3, 0.4) is 0 Å². The largest absolute Gasteiger partial charge is 0.497 e. The van der Waals surface area contributed by atoms with Crippen LogP contribution in [0, 0.1) is 5.92 Å². The summed E-state index contributed by atoms with van der Waals surface area (Å²) in [5.74, 6) is 1.29. The Bertz CT molecular complexity index is 1420.